The second-order valence-corrected chi connectivity index (χ2v) is 3.98. The van der Waals surface area contributed by atoms with Gasteiger partial charge in [0.2, 0.25) is 5.91 Å². The molecule has 76 valence electrons. The van der Waals surface area contributed by atoms with E-state index in [4.69, 9.17) is 0 Å². The predicted molar refractivity (Wildman–Crippen MR) is 53.5 cm³/mol. The summed E-state index contributed by atoms with van der Waals surface area (Å²) in [5.41, 5.74) is 0.468. The number of hydrogen-bond donors (Lipinski definition) is 2. The third kappa shape index (κ3) is 3.35. The zero-order valence-corrected chi connectivity index (χ0v) is 8.65. The van der Waals surface area contributed by atoms with Gasteiger partial charge in [-0.05, 0) is 31.7 Å². The Hall–Kier alpha value is -0.570. The monoisotopic (exact) mass is 184 g/mol. The molecule has 1 aliphatic carbocycles. The SMILES string of the molecule is CCC1(CNC(=O)CCNC)CC1. The van der Waals surface area contributed by atoms with Crippen molar-refractivity contribution in [3.63, 3.8) is 0 Å². The van der Waals surface area contributed by atoms with Gasteiger partial charge in [0, 0.05) is 19.5 Å². The highest BCUT2D eigenvalue weighted by Gasteiger charge is 2.40. The van der Waals surface area contributed by atoms with E-state index >= 15 is 0 Å². The Kier molecular flexibility index (Phi) is 3.72. The Labute approximate surface area is 80.3 Å². The van der Waals surface area contributed by atoms with Crippen molar-refractivity contribution in [2.24, 2.45) is 5.41 Å². The van der Waals surface area contributed by atoms with Gasteiger partial charge in [0.15, 0.2) is 0 Å². The van der Waals surface area contributed by atoms with Crippen molar-refractivity contribution in [2.45, 2.75) is 32.6 Å². The van der Waals surface area contributed by atoms with Crippen molar-refractivity contribution in [2.75, 3.05) is 20.1 Å². The summed E-state index contributed by atoms with van der Waals surface area (Å²) in [5.74, 6) is 0.175. The van der Waals surface area contributed by atoms with Crippen LogP contribution in [0.4, 0.5) is 0 Å². The normalized spacial score (nSPS) is 18.3. The van der Waals surface area contributed by atoms with Crippen LogP contribution in [0.25, 0.3) is 0 Å². The lowest BCUT2D eigenvalue weighted by Crippen LogP contribution is -2.31. The number of nitrogens with one attached hydrogen (secondary N) is 2. The first-order chi connectivity index (χ1) is 6.22. The van der Waals surface area contributed by atoms with Gasteiger partial charge in [0.05, 0.1) is 0 Å². The third-order valence-corrected chi connectivity index (χ3v) is 2.97. The predicted octanol–water partition coefficient (Wildman–Crippen LogP) is 0.902. The van der Waals surface area contributed by atoms with E-state index in [-0.39, 0.29) is 5.91 Å². The van der Waals surface area contributed by atoms with Crippen molar-refractivity contribution in [3.8, 4) is 0 Å². The first-order valence-electron chi connectivity index (χ1n) is 5.14. The molecule has 3 nitrogen and oxygen atoms in total. The number of rotatable bonds is 6. The summed E-state index contributed by atoms with van der Waals surface area (Å²) < 4.78 is 0. The molecule has 0 unspecified atom stereocenters. The number of carbonyl (C=O) groups excluding carboxylic acids is 1. The van der Waals surface area contributed by atoms with Crippen molar-refractivity contribution in [1.29, 1.82) is 0 Å². The smallest absolute Gasteiger partial charge is 0.221 e. The van der Waals surface area contributed by atoms with Crippen LogP contribution in [0.1, 0.15) is 32.6 Å². The zero-order chi connectivity index (χ0) is 9.73. The maximum Gasteiger partial charge on any atom is 0.221 e. The lowest BCUT2D eigenvalue weighted by Gasteiger charge is -2.13. The largest absolute Gasteiger partial charge is 0.356 e. The molecule has 0 atom stereocenters. The highest BCUT2D eigenvalue weighted by molar-refractivity contribution is 5.76. The topological polar surface area (TPSA) is 41.1 Å². The molecule has 1 aliphatic rings. The number of carbonyl (C=O) groups is 1. The second-order valence-electron chi connectivity index (χ2n) is 3.98. The summed E-state index contributed by atoms with van der Waals surface area (Å²) in [4.78, 5) is 11.2. The van der Waals surface area contributed by atoms with Gasteiger partial charge in [-0.3, -0.25) is 4.79 Å². The van der Waals surface area contributed by atoms with Crippen molar-refractivity contribution >= 4 is 5.91 Å². The highest BCUT2D eigenvalue weighted by atomic mass is 16.1. The van der Waals surface area contributed by atoms with Crippen molar-refractivity contribution < 1.29 is 4.79 Å². The van der Waals surface area contributed by atoms with E-state index in [1.807, 2.05) is 7.05 Å². The molecule has 0 aromatic rings. The van der Waals surface area contributed by atoms with Crippen LogP contribution in [0.5, 0.6) is 0 Å². The summed E-state index contributed by atoms with van der Waals surface area (Å²) >= 11 is 0. The molecule has 0 aromatic carbocycles. The Bertz CT molecular complexity index is 176. The van der Waals surface area contributed by atoms with Crippen LogP contribution in [0.3, 0.4) is 0 Å². The minimum absolute atomic E-state index is 0.175. The quantitative estimate of drug-likeness (QED) is 0.644. The molecule has 0 aliphatic heterocycles. The Morgan fingerprint density at radius 2 is 2.15 bits per heavy atom. The number of amides is 1. The molecule has 0 saturated heterocycles. The van der Waals surface area contributed by atoms with Gasteiger partial charge in [0.1, 0.15) is 0 Å². The maximum atomic E-state index is 11.2. The molecular weight excluding hydrogens is 164 g/mol. The minimum atomic E-state index is 0.175. The summed E-state index contributed by atoms with van der Waals surface area (Å²) in [6.07, 6.45) is 4.36. The number of hydrogen-bond acceptors (Lipinski definition) is 2. The summed E-state index contributed by atoms with van der Waals surface area (Å²) in [5, 5.41) is 5.96. The maximum absolute atomic E-state index is 11.2. The standard InChI is InChI=1S/C10H20N2O/c1-3-10(5-6-10)8-12-9(13)4-7-11-2/h11H,3-8H2,1-2H3,(H,12,13). The summed E-state index contributed by atoms with van der Waals surface area (Å²) in [6.45, 7) is 3.85. The fourth-order valence-electron chi connectivity index (χ4n) is 1.45. The molecule has 0 bridgehead atoms. The van der Waals surface area contributed by atoms with E-state index in [0.29, 0.717) is 11.8 Å². The minimum Gasteiger partial charge on any atom is -0.356 e. The first kappa shape index (κ1) is 10.5. The Balaban J connectivity index is 2.08. The van der Waals surface area contributed by atoms with Gasteiger partial charge < -0.3 is 10.6 Å². The van der Waals surface area contributed by atoms with Crippen LogP contribution in [-0.4, -0.2) is 26.0 Å². The van der Waals surface area contributed by atoms with Crippen LogP contribution in [0, 0.1) is 5.41 Å². The summed E-state index contributed by atoms with van der Waals surface area (Å²) in [7, 11) is 1.86. The second kappa shape index (κ2) is 4.61. The molecule has 1 amide bonds. The van der Waals surface area contributed by atoms with Crippen LogP contribution < -0.4 is 10.6 Å². The van der Waals surface area contributed by atoms with E-state index in [1.54, 1.807) is 0 Å². The van der Waals surface area contributed by atoms with Crippen molar-refractivity contribution in [1.82, 2.24) is 10.6 Å². The van der Waals surface area contributed by atoms with Gasteiger partial charge in [-0.15, -0.1) is 0 Å². The molecule has 0 radical (unpaired) electrons. The third-order valence-electron chi connectivity index (χ3n) is 2.97. The molecule has 0 aromatic heterocycles. The fraction of sp³-hybridized carbons (Fsp3) is 0.900. The van der Waals surface area contributed by atoms with Crippen LogP contribution >= 0.6 is 0 Å². The van der Waals surface area contributed by atoms with Gasteiger partial charge in [-0.25, -0.2) is 0 Å². The van der Waals surface area contributed by atoms with Gasteiger partial charge >= 0.3 is 0 Å². The lowest BCUT2D eigenvalue weighted by atomic mass is 10.0. The fourth-order valence-corrected chi connectivity index (χ4v) is 1.45. The van der Waals surface area contributed by atoms with Crippen LogP contribution in [0.2, 0.25) is 0 Å². The van der Waals surface area contributed by atoms with E-state index in [1.165, 1.54) is 19.3 Å². The Morgan fingerprint density at radius 3 is 2.62 bits per heavy atom. The molecule has 0 heterocycles. The van der Waals surface area contributed by atoms with E-state index in [9.17, 15) is 4.79 Å². The zero-order valence-electron chi connectivity index (χ0n) is 8.65. The molecule has 3 heteroatoms. The average Bonchev–Trinajstić information content (AvgIpc) is 2.92. The van der Waals surface area contributed by atoms with Crippen LogP contribution in [0.15, 0.2) is 0 Å². The Morgan fingerprint density at radius 1 is 1.46 bits per heavy atom. The molecule has 0 spiro atoms. The van der Waals surface area contributed by atoms with E-state index in [0.717, 1.165) is 13.1 Å². The molecule has 1 fully saturated rings. The van der Waals surface area contributed by atoms with Crippen LogP contribution in [-0.2, 0) is 4.79 Å². The lowest BCUT2D eigenvalue weighted by molar-refractivity contribution is -0.121. The molecule has 13 heavy (non-hydrogen) atoms. The van der Waals surface area contributed by atoms with E-state index in [2.05, 4.69) is 17.6 Å². The van der Waals surface area contributed by atoms with E-state index < -0.39 is 0 Å². The van der Waals surface area contributed by atoms with Gasteiger partial charge in [0.25, 0.3) is 0 Å². The van der Waals surface area contributed by atoms with Crippen molar-refractivity contribution in [3.05, 3.63) is 0 Å². The van der Waals surface area contributed by atoms with Gasteiger partial charge in [-0.2, -0.15) is 0 Å². The highest BCUT2D eigenvalue weighted by Crippen LogP contribution is 2.47. The molecule has 1 rings (SSSR count). The average molecular weight is 184 g/mol. The van der Waals surface area contributed by atoms with Gasteiger partial charge in [-0.1, -0.05) is 6.92 Å². The molecule has 1 saturated carbocycles. The first-order valence-corrected chi connectivity index (χ1v) is 5.14. The summed E-state index contributed by atoms with van der Waals surface area (Å²) in [6, 6.07) is 0. The molecule has 2 N–H and O–H groups in total. The molecular formula is C10H20N2O.